The van der Waals surface area contributed by atoms with E-state index in [9.17, 15) is 13.2 Å². The maximum absolute atomic E-state index is 12.5. The Morgan fingerprint density at radius 3 is 2.67 bits per heavy atom. The van der Waals surface area contributed by atoms with E-state index in [1.165, 1.54) is 0 Å². The topological polar surface area (TPSA) is 83.5 Å². The third-order valence-electron chi connectivity index (χ3n) is 4.76. The van der Waals surface area contributed by atoms with Gasteiger partial charge in [-0.15, -0.1) is 0 Å². The number of carbonyl (C=O) groups is 1. The Morgan fingerprint density at radius 1 is 1.22 bits per heavy atom. The van der Waals surface area contributed by atoms with Crippen LogP contribution in [0.2, 0.25) is 0 Å². The van der Waals surface area contributed by atoms with Gasteiger partial charge in [0.15, 0.2) is 0 Å². The van der Waals surface area contributed by atoms with E-state index < -0.39 is 16.0 Å². The summed E-state index contributed by atoms with van der Waals surface area (Å²) in [7, 11) is -3.48. The molecule has 2 atom stereocenters. The van der Waals surface area contributed by atoms with Crippen LogP contribution < -0.4 is 4.72 Å². The van der Waals surface area contributed by atoms with Gasteiger partial charge in [-0.2, -0.15) is 0 Å². The molecule has 0 aromatic heterocycles. The molecule has 1 saturated carbocycles. The van der Waals surface area contributed by atoms with E-state index in [2.05, 4.69) is 10.8 Å². The summed E-state index contributed by atoms with van der Waals surface area (Å²) in [5.41, 5.74) is 1.04. The molecule has 0 bridgehead atoms. The lowest BCUT2D eigenvalue weighted by atomic mass is 9.86. The van der Waals surface area contributed by atoms with Crippen molar-refractivity contribution in [2.45, 2.75) is 62.8 Å². The first-order valence-electron chi connectivity index (χ1n) is 9.51. The smallest absolute Gasteiger partial charge is 0.303 e. The van der Waals surface area contributed by atoms with Gasteiger partial charge in [0, 0.05) is 12.5 Å². The molecule has 1 aromatic rings. The SMILES string of the molecule is Cc1ccc(S(=O)(=O)NC2CCCC(C=CC=CCCCC(=O)O)C2)cc1. The largest absolute Gasteiger partial charge is 0.481 e. The molecular weight excluding hydrogens is 362 g/mol. The second kappa shape index (κ2) is 10.4. The molecule has 0 saturated heterocycles. The number of nitrogens with one attached hydrogen (secondary N) is 1. The Morgan fingerprint density at radius 2 is 1.96 bits per heavy atom. The third kappa shape index (κ3) is 7.69. The number of carboxylic acid groups (broad SMARTS) is 1. The number of aliphatic carboxylic acids is 1. The second-order valence-electron chi connectivity index (χ2n) is 7.16. The Kier molecular flexibility index (Phi) is 8.25. The molecule has 1 aliphatic rings. The summed E-state index contributed by atoms with van der Waals surface area (Å²) < 4.78 is 27.9. The molecule has 1 aromatic carbocycles. The van der Waals surface area contributed by atoms with Gasteiger partial charge < -0.3 is 5.11 Å². The zero-order chi connectivity index (χ0) is 19.7. The Labute approximate surface area is 162 Å². The maximum atomic E-state index is 12.5. The van der Waals surface area contributed by atoms with E-state index in [-0.39, 0.29) is 12.5 Å². The minimum Gasteiger partial charge on any atom is -0.481 e. The van der Waals surface area contributed by atoms with Crippen LogP contribution in [0.5, 0.6) is 0 Å². The highest BCUT2D eigenvalue weighted by Crippen LogP contribution is 2.26. The molecule has 0 aliphatic heterocycles. The lowest BCUT2D eigenvalue weighted by Gasteiger charge is -2.27. The fourth-order valence-corrected chi connectivity index (χ4v) is 4.56. The lowest BCUT2D eigenvalue weighted by molar-refractivity contribution is -0.137. The molecular formula is C21H29NO4S. The summed E-state index contributed by atoms with van der Waals surface area (Å²) in [5, 5.41) is 8.59. The van der Waals surface area contributed by atoms with Crippen LogP contribution in [0.4, 0.5) is 0 Å². The van der Waals surface area contributed by atoms with Crippen molar-refractivity contribution in [3.63, 3.8) is 0 Å². The summed E-state index contributed by atoms with van der Waals surface area (Å²) >= 11 is 0. The average molecular weight is 392 g/mol. The van der Waals surface area contributed by atoms with Crippen LogP contribution in [0.3, 0.4) is 0 Å². The van der Waals surface area contributed by atoms with Crippen LogP contribution in [0.25, 0.3) is 0 Å². The number of carboxylic acids is 1. The van der Waals surface area contributed by atoms with E-state index in [0.717, 1.165) is 37.7 Å². The van der Waals surface area contributed by atoms with Crippen molar-refractivity contribution >= 4 is 16.0 Å². The van der Waals surface area contributed by atoms with Crippen molar-refractivity contribution in [2.24, 2.45) is 5.92 Å². The van der Waals surface area contributed by atoms with Gasteiger partial charge in [-0.3, -0.25) is 4.79 Å². The fraction of sp³-hybridized carbons (Fsp3) is 0.476. The molecule has 2 rings (SSSR count). The minimum atomic E-state index is -3.48. The average Bonchev–Trinajstić information content (AvgIpc) is 2.61. The molecule has 0 spiro atoms. The number of sulfonamides is 1. The molecule has 2 unspecified atom stereocenters. The van der Waals surface area contributed by atoms with Crippen LogP contribution in [-0.2, 0) is 14.8 Å². The van der Waals surface area contributed by atoms with Gasteiger partial charge in [0.25, 0.3) is 0 Å². The zero-order valence-corrected chi connectivity index (χ0v) is 16.6. The number of aryl methyl sites for hydroxylation is 1. The van der Waals surface area contributed by atoms with E-state index in [4.69, 9.17) is 5.11 Å². The van der Waals surface area contributed by atoms with Crippen molar-refractivity contribution < 1.29 is 18.3 Å². The molecule has 5 nitrogen and oxygen atoms in total. The number of benzene rings is 1. The van der Waals surface area contributed by atoms with Gasteiger partial charge >= 0.3 is 5.97 Å². The molecule has 27 heavy (non-hydrogen) atoms. The summed E-state index contributed by atoms with van der Waals surface area (Å²) in [5.74, 6) is -0.409. The molecule has 6 heteroatoms. The quantitative estimate of drug-likeness (QED) is 0.488. The second-order valence-corrected chi connectivity index (χ2v) is 8.87. The highest BCUT2D eigenvalue weighted by Gasteiger charge is 2.25. The van der Waals surface area contributed by atoms with Crippen molar-refractivity contribution in [1.29, 1.82) is 0 Å². The van der Waals surface area contributed by atoms with Gasteiger partial charge in [-0.1, -0.05) is 48.4 Å². The van der Waals surface area contributed by atoms with Crippen molar-refractivity contribution in [2.75, 3.05) is 0 Å². The van der Waals surface area contributed by atoms with Gasteiger partial charge in [0.2, 0.25) is 10.0 Å². The molecule has 0 radical (unpaired) electrons. The number of allylic oxidation sites excluding steroid dienone is 4. The monoisotopic (exact) mass is 391 g/mol. The summed E-state index contributed by atoms with van der Waals surface area (Å²) in [6, 6.07) is 6.87. The first-order valence-corrected chi connectivity index (χ1v) is 11.0. The van der Waals surface area contributed by atoms with Gasteiger partial charge in [0.1, 0.15) is 0 Å². The zero-order valence-electron chi connectivity index (χ0n) is 15.8. The Bertz CT molecular complexity index is 766. The van der Waals surface area contributed by atoms with E-state index in [1.54, 1.807) is 12.1 Å². The first-order chi connectivity index (χ1) is 12.9. The molecule has 2 N–H and O–H groups in total. The van der Waals surface area contributed by atoms with E-state index in [1.807, 2.05) is 37.3 Å². The summed E-state index contributed by atoms with van der Waals surface area (Å²) in [4.78, 5) is 10.8. The van der Waals surface area contributed by atoms with Crippen molar-refractivity contribution in [1.82, 2.24) is 4.72 Å². The van der Waals surface area contributed by atoms with Crippen molar-refractivity contribution in [3.8, 4) is 0 Å². The first kappa shape index (κ1) is 21.4. The van der Waals surface area contributed by atoms with Crippen LogP contribution >= 0.6 is 0 Å². The summed E-state index contributed by atoms with van der Waals surface area (Å²) in [6.45, 7) is 1.93. The predicted molar refractivity (Wildman–Crippen MR) is 107 cm³/mol. The molecule has 0 amide bonds. The molecule has 148 valence electrons. The van der Waals surface area contributed by atoms with Crippen LogP contribution in [0.1, 0.15) is 50.5 Å². The minimum absolute atomic E-state index is 0.0424. The molecule has 0 heterocycles. The molecule has 1 fully saturated rings. The fourth-order valence-electron chi connectivity index (χ4n) is 3.28. The van der Waals surface area contributed by atoms with Gasteiger partial charge in [-0.25, -0.2) is 13.1 Å². The highest BCUT2D eigenvalue weighted by molar-refractivity contribution is 7.89. The van der Waals surface area contributed by atoms with Crippen molar-refractivity contribution in [3.05, 3.63) is 54.1 Å². The Balaban J connectivity index is 1.83. The maximum Gasteiger partial charge on any atom is 0.303 e. The van der Waals surface area contributed by atoms with Crippen LogP contribution in [0, 0.1) is 12.8 Å². The third-order valence-corrected chi connectivity index (χ3v) is 6.30. The standard InChI is InChI=1S/C21H29NO4S/c1-17-12-14-20(15-13-17)27(25,26)22-19-10-7-9-18(16-19)8-5-3-2-4-6-11-21(23)24/h2-3,5,8,12-15,18-19,22H,4,6-7,9-11,16H2,1H3,(H,23,24). The molecule has 1 aliphatic carbocycles. The van der Waals surface area contributed by atoms with Crippen LogP contribution in [-0.4, -0.2) is 25.5 Å². The highest BCUT2D eigenvalue weighted by atomic mass is 32.2. The number of hydrogen-bond acceptors (Lipinski definition) is 3. The van der Waals surface area contributed by atoms with Gasteiger partial charge in [0.05, 0.1) is 4.90 Å². The lowest BCUT2D eigenvalue weighted by Crippen LogP contribution is -2.38. The van der Waals surface area contributed by atoms with Crippen LogP contribution in [0.15, 0.2) is 53.5 Å². The summed E-state index contributed by atoms with van der Waals surface area (Å²) in [6.07, 6.45) is 13.3. The van der Waals surface area contributed by atoms with E-state index >= 15 is 0 Å². The predicted octanol–water partition coefficient (Wildman–Crippen LogP) is 4.20. The number of rotatable bonds is 9. The normalized spacial score (nSPS) is 21.1. The number of unbranched alkanes of at least 4 members (excludes halogenated alkanes) is 1. The Hall–Kier alpha value is -1.92. The van der Waals surface area contributed by atoms with E-state index in [0.29, 0.717) is 17.2 Å². The number of hydrogen-bond donors (Lipinski definition) is 2. The van der Waals surface area contributed by atoms with Gasteiger partial charge in [-0.05, 0) is 57.1 Å².